The van der Waals surface area contributed by atoms with E-state index >= 15 is 0 Å². The number of hydrogen-bond donors (Lipinski definition) is 1. The molecule has 0 bridgehead atoms. The van der Waals surface area contributed by atoms with E-state index in [9.17, 15) is 9.59 Å². The van der Waals surface area contributed by atoms with Gasteiger partial charge in [0, 0.05) is 17.0 Å². The third-order valence-electron chi connectivity index (χ3n) is 3.39. The SMILES string of the molecule is Cc1ccc(=O)n(CC(=O)Nc2ccccc2-c2csc(C)n2)n1. The fraction of sp³-hybridized carbons (Fsp3) is 0.176. The van der Waals surface area contributed by atoms with Crippen LogP contribution in [0.1, 0.15) is 10.7 Å². The molecule has 0 aliphatic carbocycles. The van der Waals surface area contributed by atoms with Crippen LogP contribution < -0.4 is 10.9 Å². The molecule has 1 aromatic carbocycles. The van der Waals surface area contributed by atoms with E-state index in [1.54, 1.807) is 24.3 Å². The summed E-state index contributed by atoms with van der Waals surface area (Å²) in [6.45, 7) is 3.57. The zero-order valence-electron chi connectivity index (χ0n) is 13.3. The number of carbonyl (C=O) groups excluding carboxylic acids is 1. The maximum Gasteiger partial charge on any atom is 0.267 e. The van der Waals surface area contributed by atoms with Crippen LogP contribution in [0.2, 0.25) is 0 Å². The van der Waals surface area contributed by atoms with Crippen LogP contribution in [0.25, 0.3) is 11.3 Å². The van der Waals surface area contributed by atoms with Gasteiger partial charge in [-0.3, -0.25) is 9.59 Å². The summed E-state index contributed by atoms with van der Waals surface area (Å²) in [5, 5.41) is 9.82. The minimum Gasteiger partial charge on any atom is -0.324 e. The number of amides is 1. The average molecular weight is 340 g/mol. The smallest absolute Gasteiger partial charge is 0.267 e. The van der Waals surface area contributed by atoms with Crippen molar-refractivity contribution >= 4 is 22.9 Å². The molecule has 0 atom stereocenters. The van der Waals surface area contributed by atoms with Crippen molar-refractivity contribution in [3.8, 4) is 11.3 Å². The molecule has 6 nitrogen and oxygen atoms in total. The van der Waals surface area contributed by atoms with Gasteiger partial charge in [-0.25, -0.2) is 9.67 Å². The van der Waals surface area contributed by atoms with E-state index in [4.69, 9.17) is 0 Å². The third-order valence-corrected chi connectivity index (χ3v) is 4.16. The molecule has 0 radical (unpaired) electrons. The second-order valence-electron chi connectivity index (χ2n) is 5.32. The number of carbonyl (C=O) groups is 1. The van der Waals surface area contributed by atoms with Crippen LogP contribution in [0.15, 0.2) is 46.6 Å². The molecule has 0 fully saturated rings. The molecular weight excluding hydrogens is 324 g/mol. The normalized spacial score (nSPS) is 10.6. The van der Waals surface area contributed by atoms with Crippen LogP contribution in [-0.4, -0.2) is 20.7 Å². The van der Waals surface area contributed by atoms with Crippen molar-refractivity contribution < 1.29 is 4.79 Å². The Morgan fingerprint density at radius 1 is 1.21 bits per heavy atom. The topological polar surface area (TPSA) is 76.9 Å². The highest BCUT2D eigenvalue weighted by atomic mass is 32.1. The molecule has 0 spiro atoms. The molecule has 0 saturated carbocycles. The first-order chi connectivity index (χ1) is 11.5. The van der Waals surface area contributed by atoms with Crippen LogP contribution in [0, 0.1) is 13.8 Å². The number of benzene rings is 1. The van der Waals surface area contributed by atoms with E-state index < -0.39 is 0 Å². The van der Waals surface area contributed by atoms with Gasteiger partial charge < -0.3 is 5.32 Å². The highest BCUT2D eigenvalue weighted by Crippen LogP contribution is 2.28. The van der Waals surface area contributed by atoms with Crippen LogP contribution in [0.5, 0.6) is 0 Å². The molecule has 24 heavy (non-hydrogen) atoms. The summed E-state index contributed by atoms with van der Waals surface area (Å²) < 4.78 is 1.15. The summed E-state index contributed by atoms with van der Waals surface area (Å²) in [7, 11) is 0. The molecule has 7 heteroatoms. The number of thiazole rings is 1. The molecule has 3 rings (SSSR count). The van der Waals surface area contributed by atoms with Crippen molar-refractivity contribution in [3.63, 3.8) is 0 Å². The largest absolute Gasteiger partial charge is 0.324 e. The summed E-state index contributed by atoms with van der Waals surface area (Å²) in [4.78, 5) is 28.5. The van der Waals surface area contributed by atoms with Crippen LogP contribution in [0.3, 0.4) is 0 Å². The van der Waals surface area contributed by atoms with Crippen molar-refractivity contribution in [2.45, 2.75) is 20.4 Å². The fourth-order valence-electron chi connectivity index (χ4n) is 2.29. The van der Waals surface area contributed by atoms with Gasteiger partial charge in [0.2, 0.25) is 5.91 Å². The predicted molar refractivity (Wildman–Crippen MR) is 94.2 cm³/mol. The average Bonchev–Trinajstić information content (AvgIpc) is 2.98. The number of anilines is 1. The zero-order chi connectivity index (χ0) is 17.1. The lowest BCUT2D eigenvalue weighted by Crippen LogP contribution is -2.29. The lowest BCUT2D eigenvalue weighted by molar-refractivity contribution is -0.117. The van der Waals surface area contributed by atoms with Crippen LogP contribution in [0.4, 0.5) is 5.69 Å². The highest BCUT2D eigenvalue weighted by molar-refractivity contribution is 7.09. The van der Waals surface area contributed by atoms with E-state index in [-0.39, 0.29) is 18.0 Å². The van der Waals surface area contributed by atoms with Crippen molar-refractivity contribution in [2.24, 2.45) is 0 Å². The lowest BCUT2D eigenvalue weighted by atomic mass is 10.1. The Morgan fingerprint density at radius 3 is 2.75 bits per heavy atom. The standard InChI is InChI=1S/C17H16N4O2S/c1-11-7-8-17(23)21(20-11)9-16(22)19-14-6-4-3-5-13(14)15-10-24-12(2)18-15/h3-8,10H,9H2,1-2H3,(H,19,22). The minimum atomic E-state index is -0.311. The maximum atomic E-state index is 12.3. The predicted octanol–water partition coefficient (Wildman–Crippen LogP) is 2.62. The molecule has 0 unspecified atom stereocenters. The second kappa shape index (κ2) is 6.76. The summed E-state index contributed by atoms with van der Waals surface area (Å²) in [6, 6.07) is 10.5. The lowest BCUT2D eigenvalue weighted by Gasteiger charge is -2.10. The molecule has 0 aliphatic heterocycles. The minimum absolute atomic E-state index is 0.134. The number of para-hydroxylation sites is 1. The highest BCUT2D eigenvalue weighted by Gasteiger charge is 2.12. The van der Waals surface area contributed by atoms with Crippen molar-refractivity contribution in [3.05, 3.63) is 62.8 Å². The van der Waals surface area contributed by atoms with Crippen LogP contribution in [-0.2, 0) is 11.3 Å². The molecule has 1 amide bonds. The van der Waals surface area contributed by atoms with E-state index in [1.807, 2.05) is 36.6 Å². The first kappa shape index (κ1) is 16.1. The van der Waals surface area contributed by atoms with Gasteiger partial charge in [0.25, 0.3) is 5.56 Å². The van der Waals surface area contributed by atoms with Gasteiger partial charge in [0.15, 0.2) is 0 Å². The fourth-order valence-corrected chi connectivity index (χ4v) is 2.91. The summed E-state index contributed by atoms with van der Waals surface area (Å²) in [6.07, 6.45) is 0. The Labute approximate surface area is 142 Å². The first-order valence-corrected chi connectivity index (χ1v) is 8.27. The summed E-state index contributed by atoms with van der Waals surface area (Å²) in [5.74, 6) is -0.311. The Balaban J connectivity index is 1.82. The Bertz CT molecular complexity index is 946. The monoisotopic (exact) mass is 340 g/mol. The molecule has 0 aliphatic rings. The number of nitrogens with one attached hydrogen (secondary N) is 1. The van der Waals surface area contributed by atoms with E-state index in [2.05, 4.69) is 15.4 Å². The first-order valence-electron chi connectivity index (χ1n) is 7.39. The number of aryl methyl sites for hydroxylation is 2. The third kappa shape index (κ3) is 3.57. The van der Waals surface area contributed by atoms with Crippen LogP contribution >= 0.6 is 11.3 Å². The van der Waals surface area contributed by atoms with Crippen molar-refractivity contribution in [2.75, 3.05) is 5.32 Å². The number of hydrogen-bond acceptors (Lipinski definition) is 5. The number of aromatic nitrogens is 3. The van der Waals surface area contributed by atoms with Gasteiger partial charge in [-0.15, -0.1) is 11.3 Å². The van der Waals surface area contributed by atoms with Gasteiger partial charge in [0.05, 0.1) is 22.1 Å². The molecule has 2 heterocycles. The summed E-state index contributed by atoms with van der Waals surface area (Å²) in [5.41, 5.74) is 2.70. The maximum absolute atomic E-state index is 12.3. The molecule has 122 valence electrons. The number of nitrogens with zero attached hydrogens (tertiary/aromatic N) is 3. The van der Waals surface area contributed by atoms with Gasteiger partial charge >= 0.3 is 0 Å². The van der Waals surface area contributed by atoms with Crippen molar-refractivity contribution in [1.82, 2.24) is 14.8 Å². The summed E-state index contributed by atoms with van der Waals surface area (Å²) >= 11 is 1.55. The van der Waals surface area contributed by atoms with Gasteiger partial charge in [-0.05, 0) is 26.0 Å². The Morgan fingerprint density at radius 2 is 2.00 bits per heavy atom. The molecular formula is C17H16N4O2S. The van der Waals surface area contributed by atoms with E-state index in [0.717, 1.165) is 20.9 Å². The Hall–Kier alpha value is -2.80. The van der Waals surface area contributed by atoms with E-state index in [1.165, 1.54) is 6.07 Å². The Kier molecular flexibility index (Phi) is 4.52. The molecule has 1 N–H and O–H groups in total. The quantitative estimate of drug-likeness (QED) is 0.792. The molecule has 3 aromatic rings. The van der Waals surface area contributed by atoms with Gasteiger partial charge in [-0.2, -0.15) is 5.10 Å². The molecule has 2 aromatic heterocycles. The molecule has 0 saturated heterocycles. The van der Waals surface area contributed by atoms with Crippen molar-refractivity contribution in [1.29, 1.82) is 0 Å². The van der Waals surface area contributed by atoms with E-state index in [0.29, 0.717) is 11.4 Å². The van der Waals surface area contributed by atoms with Gasteiger partial charge in [0.1, 0.15) is 6.54 Å². The van der Waals surface area contributed by atoms with Gasteiger partial charge in [-0.1, -0.05) is 18.2 Å². The zero-order valence-corrected chi connectivity index (χ0v) is 14.1. The second-order valence-corrected chi connectivity index (χ2v) is 6.38. The number of rotatable bonds is 4.